The zero-order valence-corrected chi connectivity index (χ0v) is 19.3. The number of sulfonamides is 1. The van der Waals surface area contributed by atoms with Crippen molar-refractivity contribution in [2.24, 2.45) is 0 Å². The van der Waals surface area contributed by atoms with Gasteiger partial charge in [0.15, 0.2) is 18.1 Å². The summed E-state index contributed by atoms with van der Waals surface area (Å²) in [6, 6.07) is 12.4. The van der Waals surface area contributed by atoms with Gasteiger partial charge in [-0.05, 0) is 61.6 Å². The summed E-state index contributed by atoms with van der Waals surface area (Å²) in [7, 11) is -3.49. The molecule has 172 valence electrons. The maximum atomic E-state index is 13.0. The number of piperidine rings is 1. The normalized spacial score (nSPS) is 16.6. The van der Waals surface area contributed by atoms with Gasteiger partial charge in [-0.3, -0.25) is 4.79 Å². The molecule has 2 aromatic carbocycles. The summed E-state index contributed by atoms with van der Waals surface area (Å²) in [6.07, 6.45) is 4.39. The summed E-state index contributed by atoms with van der Waals surface area (Å²) >= 11 is 0. The number of anilines is 1. The quantitative estimate of drug-likeness (QED) is 0.604. The Balaban J connectivity index is 1.44. The highest BCUT2D eigenvalue weighted by molar-refractivity contribution is 7.89. The first-order valence-corrected chi connectivity index (χ1v) is 12.7. The van der Waals surface area contributed by atoms with E-state index in [4.69, 9.17) is 9.47 Å². The minimum atomic E-state index is -3.49. The van der Waals surface area contributed by atoms with Crippen LogP contribution < -0.4 is 14.4 Å². The van der Waals surface area contributed by atoms with Crippen molar-refractivity contribution in [2.45, 2.75) is 43.9 Å². The van der Waals surface area contributed by atoms with Crippen LogP contribution in [0.4, 0.5) is 5.69 Å². The molecule has 0 bridgehead atoms. The average molecular weight is 459 g/mol. The van der Waals surface area contributed by atoms with Crippen LogP contribution in [0.3, 0.4) is 0 Å². The van der Waals surface area contributed by atoms with Crippen molar-refractivity contribution in [2.75, 3.05) is 37.7 Å². The number of carbonyl (C=O) groups excluding carboxylic acids is 1. The zero-order valence-electron chi connectivity index (χ0n) is 18.5. The summed E-state index contributed by atoms with van der Waals surface area (Å²) in [6.45, 7) is 4.16. The van der Waals surface area contributed by atoms with Crippen molar-refractivity contribution < 1.29 is 22.7 Å². The number of carbonyl (C=O) groups is 1. The van der Waals surface area contributed by atoms with Crippen molar-refractivity contribution in [1.82, 2.24) is 4.31 Å². The molecule has 2 aliphatic heterocycles. The molecule has 2 heterocycles. The monoisotopic (exact) mass is 458 g/mol. The Morgan fingerprint density at radius 3 is 2.41 bits per heavy atom. The van der Waals surface area contributed by atoms with Crippen molar-refractivity contribution in [3.05, 3.63) is 48.0 Å². The van der Waals surface area contributed by atoms with E-state index in [9.17, 15) is 13.2 Å². The highest BCUT2D eigenvalue weighted by atomic mass is 32.2. The minimum Gasteiger partial charge on any atom is -0.490 e. The zero-order chi connectivity index (χ0) is 22.6. The predicted molar refractivity (Wildman–Crippen MR) is 123 cm³/mol. The van der Waals surface area contributed by atoms with Crippen molar-refractivity contribution >= 4 is 21.6 Å². The molecule has 1 fully saturated rings. The van der Waals surface area contributed by atoms with Gasteiger partial charge in [-0.2, -0.15) is 4.31 Å². The van der Waals surface area contributed by atoms with Crippen LogP contribution in [0.25, 0.3) is 0 Å². The molecule has 7 nitrogen and oxygen atoms in total. The van der Waals surface area contributed by atoms with Crippen LogP contribution in [0.5, 0.6) is 11.5 Å². The number of ether oxygens (including phenoxy) is 2. The van der Waals surface area contributed by atoms with Gasteiger partial charge in [-0.1, -0.05) is 25.5 Å². The third-order valence-electron chi connectivity index (χ3n) is 5.86. The van der Waals surface area contributed by atoms with Gasteiger partial charge in [-0.15, -0.1) is 0 Å². The lowest BCUT2D eigenvalue weighted by atomic mass is 10.2. The first-order chi connectivity index (χ1) is 15.5. The van der Waals surface area contributed by atoms with Crippen molar-refractivity contribution in [3.63, 3.8) is 0 Å². The van der Waals surface area contributed by atoms with E-state index in [1.807, 2.05) is 25.1 Å². The van der Waals surface area contributed by atoms with Gasteiger partial charge >= 0.3 is 0 Å². The van der Waals surface area contributed by atoms with E-state index in [1.165, 1.54) is 0 Å². The SMILES string of the molecule is CCCOc1ccccc1OCC(=O)N1CCc2cc(S(=O)(=O)N3CCCCC3)ccc21. The van der Waals surface area contributed by atoms with Crippen LogP contribution >= 0.6 is 0 Å². The molecule has 32 heavy (non-hydrogen) atoms. The molecule has 1 amide bonds. The number of hydrogen-bond donors (Lipinski definition) is 0. The van der Waals surface area contributed by atoms with Crippen LogP contribution in [0, 0.1) is 0 Å². The molecule has 0 spiro atoms. The first-order valence-electron chi connectivity index (χ1n) is 11.3. The Morgan fingerprint density at radius 2 is 1.69 bits per heavy atom. The third-order valence-corrected chi connectivity index (χ3v) is 7.76. The second-order valence-electron chi connectivity index (χ2n) is 8.13. The summed E-state index contributed by atoms with van der Waals surface area (Å²) in [5, 5.41) is 0. The van der Waals surface area contributed by atoms with Gasteiger partial charge in [0.05, 0.1) is 11.5 Å². The second-order valence-corrected chi connectivity index (χ2v) is 10.1. The van der Waals surface area contributed by atoms with E-state index >= 15 is 0 Å². The van der Waals surface area contributed by atoms with Gasteiger partial charge in [0, 0.05) is 25.3 Å². The summed E-state index contributed by atoms with van der Waals surface area (Å²) < 4.78 is 39.0. The Kier molecular flexibility index (Phi) is 7.01. The Labute approximate surface area is 190 Å². The number of fused-ring (bicyclic) bond motifs is 1. The molecule has 0 N–H and O–H groups in total. The van der Waals surface area contributed by atoms with E-state index in [1.54, 1.807) is 33.5 Å². The maximum absolute atomic E-state index is 13.0. The molecule has 2 aliphatic rings. The summed E-state index contributed by atoms with van der Waals surface area (Å²) in [4.78, 5) is 14.8. The molecule has 4 rings (SSSR count). The van der Waals surface area contributed by atoms with E-state index in [2.05, 4.69) is 0 Å². The predicted octanol–water partition coefficient (Wildman–Crippen LogP) is 3.62. The fraction of sp³-hybridized carbons (Fsp3) is 0.458. The smallest absolute Gasteiger partial charge is 0.264 e. The molecular weight excluding hydrogens is 428 g/mol. The van der Waals surface area contributed by atoms with Crippen molar-refractivity contribution in [3.8, 4) is 11.5 Å². The molecule has 8 heteroatoms. The number of benzene rings is 2. The highest BCUT2D eigenvalue weighted by Crippen LogP contribution is 2.32. The van der Waals surface area contributed by atoms with E-state index in [-0.39, 0.29) is 12.5 Å². The number of hydrogen-bond acceptors (Lipinski definition) is 5. The third kappa shape index (κ3) is 4.76. The van der Waals surface area contributed by atoms with Crippen LogP contribution in [-0.4, -0.2) is 51.5 Å². The molecule has 0 saturated carbocycles. The standard InChI is InChI=1S/C24H30N2O5S/c1-2-16-30-22-8-4-5-9-23(22)31-18-24(27)26-15-12-19-17-20(10-11-21(19)26)32(28,29)25-13-6-3-7-14-25/h4-5,8-11,17H,2-3,6-7,12-16,18H2,1H3. The second kappa shape index (κ2) is 9.92. The lowest BCUT2D eigenvalue weighted by Gasteiger charge is -2.26. The van der Waals surface area contributed by atoms with Gasteiger partial charge in [0.1, 0.15) is 0 Å². The van der Waals surface area contributed by atoms with Crippen LogP contribution in [0.15, 0.2) is 47.4 Å². The van der Waals surface area contributed by atoms with E-state index in [0.29, 0.717) is 49.1 Å². The summed E-state index contributed by atoms with van der Waals surface area (Å²) in [5.41, 5.74) is 1.63. The van der Waals surface area contributed by atoms with Gasteiger partial charge in [-0.25, -0.2) is 8.42 Å². The molecule has 2 aromatic rings. The Hall–Kier alpha value is -2.58. The minimum absolute atomic E-state index is 0.111. The van der Waals surface area contributed by atoms with Crippen LogP contribution in [0.1, 0.15) is 38.2 Å². The number of amides is 1. The average Bonchev–Trinajstić information content (AvgIpc) is 3.26. The van der Waals surface area contributed by atoms with Gasteiger partial charge in [0.2, 0.25) is 10.0 Å². The number of para-hydroxylation sites is 2. The largest absolute Gasteiger partial charge is 0.490 e. The molecule has 0 atom stereocenters. The lowest BCUT2D eigenvalue weighted by Crippen LogP contribution is -2.35. The molecule has 1 saturated heterocycles. The first kappa shape index (κ1) is 22.6. The lowest BCUT2D eigenvalue weighted by molar-refractivity contribution is -0.120. The molecule has 0 unspecified atom stereocenters. The van der Waals surface area contributed by atoms with Crippen molar-refractivity contribution in [1.29, 1.82) is 0 Å². The fourth-order valence-corrected chi connectivity index (χ4v) is 5.74. The topological polar surface area (TPSA) is 76.1 Å². The highest BCUT2D eigenvalue weighted by Gasteiger charge is 2.30. The van der Waals surface area contributed by atoms with Gasteiger partial charge in [0.25, 0.3) is 5.91 Å². The summed E-state index contributed by atoms with van der Waals surface area (Å²) in [5.74, 6) is 0.994. The van der Waals surface area contributed by atoms with Crippen LogP contribution in [-0.2, 0) is 21.2 Å². The number of rotatable bonds is 8. The van der Waals surface area contributed by atoms with Crippen LogP contribution in [0.2, 0.25) is 0 Å². The molecule has 0 aromatic heterocycles. The fourth-order valence-electron chi connectivity index (χ4n) is 4.17. The molecule has 0 aliphatic carbocycles. The maximum Gasteiger partial charge on any atom is 0.264 e. The number of nitrogens with zero attached hydrogens (tertiary/aromatic N) is 2. The Bertz CT molecular complexity index is 1060. The van der Waals surface area contributed by atoms with Gasteiger partial charge < -0.3 is 14.4 Å². The molecular formula is C24H30N2O5S. The van der Waals surface area contributed by atoms with E-state index in [0.717, 1.165) is 36.9 Å². The Morgan fingerprint density at radius 1 is 0.969 bits per heavy atom. The molecule has 0 radical (unpaired) electrons. The van der Waals surface area contributed by atoms with E-state index < -0.39 is 10.0 Å².